The van der Waals surface area contributed by atoms with Crippen molar-refractivity contribution in [3.63, 3.8) is 0 Å². The summed E-state index contributed by atoms with van der Waals surface area (Å²) in [6.07, 6.45) is 0. The van der Waals surface area contributed by atoms with Gasteiger partial charge in [0.1, 0.15) is 17.4 Å². The summed E-state index contributed by atoms with van der Waals surface area (Å²) in [6.45, 7) is 1.87. The molecule has 0 amide bonds. The molecule has 6 nitrogen and oxygen atoms in total. The number of para-hydroxylation sites is 1. The lowest BCUT2D eigenvalue weighted by atomic mass is 9.81. The zero-order valence-corrected chi connectivity index (χ0v) is 16.2. The number of hydrogen-bond acceptors (Lipinski definition) is 5. The number of phenolic OH excluding ortho intramolecular Hbond substituents is 1. The lowest BCUT2D eigenvalue weighted by Crippen LogP contribution is -2.22. The number of aromatic hydroxyl groups is 1. The van der Waals surface area contributed by atoms with Gasteiger partial charge in [-0.05, 0) is 35.9 Å². The maximum atomic E-state index is 10.9. The number of nitrogens with two attached hydrogens (primary N) is 1. The number of phenols is 1. The van der Waals surface area contributed by atoms with Crippen LogP contribution < -0.4 is 10.5 Å². The quantitative estimate of drug-likeness (QED) is 0.529. The molecule has 0 saturated carbocycles. The highest BCUT2D eigenvalue weighted by molar-refractivity contribution is 5.89. The minimum atomic E-state index is -0.595. The van der Waals surface area contributed by atoms with Crippen molar-refractivity contribution in [3.8, 4) is 23.4 Å². The molecular formula is C24H18N4O2. The summed E-state index contributed by atoms with van der Waals surface area (Å²) in [5.41, 5.74) is 9.30. The SMILES string of the molecule is Cc1nn(-c2ccccc2)c2c1C(c1c(O)ccc3ccccc13)C(C#N)=C(N)O2. The summed E-state index contributed by atoms with van der Waals surface area (Å²) in [4.78, 5) is 0. The minimum absolute atomic E-state index is 0.0133. The standard InChI is InChI=1S/C24H18N4O2/c1-14-20-22(21-17-10-6-5-7-15(17)11-12-19(21)29)18(13-25)23(26)30-24(20)28(27-14)16-8-3-2-4-9-16/h2-12,22,29H,26H2,1H3. The summed E-state index contributed by atoms with van der Waals surface area (Å²) in [5.74, 6) is -0.0341. The van der Waals surface area contributed by atoms with Crippen molar-refractivity contribution in [3.05, 3.63) is 95.0 Å². The third-order valence-corrected chi connectivity index (χ3v) is 5.47. The molecule has 0 fully saturated rings. The Morgan fingerprint density at radius 1 is 1.03 bits per heavy atom. The van der Waals surface area contributed by atoms with Gasteiger partial charge < -0.3 is 15.6 Å². The first-order chi connectivity index (χ1) is 14.6. The molecule has 146 valence electrons. The van der Waals surface area contributed by atoms with Crippen LogP contribution in [0.5, 0.6) is 11.6 Å². The van der Waals surface area contributed by atoms with Gasteiger partial charge in [0.15, 0.2) is 0 Å². The second kappa shape index (κ2) is 6.68. The van der Waals surface area contributed by atoms with Crippen molar-refractivity contribution < 1.29 is 9.84 Å². The molecule has 5 rings (SSSR count). The van der Waals surface area contributed by atoms with Gasteiger partial charge in [0, 0.05) is 5.56 Å². The largest absolute Gasteiger partial charge is 0.508 e. The Balaban J connectivity index is 1.84. The lowest BCUT2D eigenvalue weighted by Gasteiger charge is -2.26. The topological polar surface area (TPSA) is 97.1 Å². The summed E-state index contributed by atoms with van der Waals surface area (Å²) >= 11 is 0. The number of aromatic nitrogens is 2. The number of fused-ring (bicyclic) bond motifs is 2. The van der Waals surface area contributed by atoms with E-state index in [0.717, 1.165) is 22.0 Å². The highest BCUT2D eigenvalue weighted by atomic mass is 16.5. The van der Waals surface area contributed by atoms with E-state index >= 15 is 0 Å². The fraction of sp³-hybridized carbons (Fsp3) is 0.0833. The Bertz CT molecular complexity index is 1360. The van der Waals surface area contributed by atoms with Gasteiger partial charge in [-0.2, -0.15) is 10.4 Å². The van der Waals surface area contributed by atoms with Gasteiger partial charge in [-0.25, -0.2) is 4.68 Å². The van der Waals surface area contributed by atoms with Gasteiger partial charge in [0.25, 0.3) is 0 Å². The molecule has 1 unspecified atom stereocenters. The summed E-state index contributed by atoms with van der Waals surface area (Å²) < 4.78 is 7.58. The molecule has 1 aromatic heterocycles. The Labute approximate surface area is 173 Å². The monoisotopic (exact) mass is 394 g/mol. The first-order valence-electron chi connectivity index (χ1n) is 9.53. The van der Waals surface area contributed by atoms with Crippen LogP contribution in [0.15, 0.2) is 78.2 Å². The highest BCUT2D eigenvalue weighted by Gasteiger charge is 2.38. The zero-order valence-electron chi connectivity index (χ0n) is 16.2. The fourth-order valence-electron chi connectivity index (χ4n) is 4.13. The number of allylic oxidation sites excluding steroid dienone is 1. The van der Waals surface area contributed by atoms with Gasteiger partial charge in [0.05, 0.1) is 22.9 Å². The van der Waals surface area contributed by atoms with Crippen molar-refractivity contribution in [2.45, 2.75) is 12.8 Å². The van der Waals surface area contributed by atoms with Crippen LogP contribution in [0.25, 0.3) is 16.5 Å². The Hall–Kier alpha value is -4.24. The van der Waals surface area contributed by atoms with Crippen LogP contribution in [0.4, 0.5) is 0 Å². The molecule has 4 aromatic rings. The molecule has 3 N–H and O–H groups in total. The smallest absolute Gasteiger partial charge is 0.229 e. The van der Waals surface area contributed by atoms with Crippen LogP contribution in [0.2, 0.25) is 0 Å². The van der Waals surface area contributed by atoms with Gasteiger partial charge in [0.2, 0.25) is 11.8 Å². The fourth-order valence-corrected chi connectivity index (χ4v) is 4.13. The van der Waals surface area contributed by atoms with E-state index in [9.17, 15) is 10.4 Å². The van der Waals surface area contributed by atoms with Crippen LogP contribution in [0.1, 0.15) is 22.7 Å². The van der Waals surface area contributed by atoms with Crippen molar-refractivity contribution >= 4 is 10.8 Å². The van der Waals surface area contributed by atoms with E-state index in [-0.39, 0.29) is 17.2 Å². The van der Waals surface area contributed by atoms with Crippen molar-refractivity contribution in [2.24, 2.45) is 5.73 Å². The Morgan fingerprint density at radius 3 is 2.53 bits per heavy atom. The van der Waals surface area contributed by atoms with E-state index in [4.69, 9.17) is 10.5 Å². The molecule has 0 radical (unpaired) electrons. The predicted octanol–water partition coefficient (Wildman–Crippen LogP) is 4.26. The predicted molar refractivity (Wildman–Crippen MR) is 113 cm³/mol. The van der Waals surface area contributed by atoms with Crippen LogP contribution in [0.3, 0.4) is 0 Å². The average molecular weight is 394 g/mol. The van der Waals surface area contributed by atoms with Crippen LogP contribution in [-0.2, 0) is 0 Å². The van der Waals surface area contributed by atoms with Gasteiger partial charge in [-0.3, -0.25) is 0 Å². The number of hydrogen-bond donors (Lipinski definition) is 2. The van der Waals surface area contributed by atoms with Gasteiger partial charge >= 0.3 is 0 Å². The van der Waals surface area contributed by atoms with Crippen LogP contribution in [0, 0.1) is 18.3 Å². The Morgan fingerprint density at radius 2 is 1.77 bits per heavy atom. The molecule has 1 aliphatic heterocycles. The van der Waals surface area contributed by atoms with Crippen molar-refractivity contribution in [2.75, 3.05) is 0 Å². The second-order valence-electron chi connectivity index (χ2n) is 7.20. The number of nitrogens with zero attached hydrogens (tertiary/aromatic N) is 3. The average Bonchev–Trinajstić information content (AvgIpc) is 3.09. The number of aryl methyl sites for hydroxylation is 1. The molecule has 30 heavy (non-hydrogen) atoms. The molecule has 0 spiro atoms. The number of benzene rings is 3. The number of nitriles is 1. The van der Waals surface area contributed by atoms with Crippen molar-refractivity contribution in [1.82, 2.24) is 9.78 Å². The lowest BCUT2D eigenvalue weighted by molar-refractivity contribution is 0.366. The number of rotatable bonds is 2. The molecular weight excluding hydrogens is 376 g/mol. The van der Waals surface area contributed by atoms with E-state index in [1.165, 1.54) is 0 Å². The summed E-state index contributed by atoms with van der Waals surface area (Å²) in [5, 5.41) is 27.3. The van der Waals surface area contributed by atoms with E-state index in [1.807, 2.05) is 67.6 Å². The molecule has 6 heteroatoms. The molecule has 1 aliphatic rings. The minimum Gasteiger partial charge on any atom is -0.508 e. The third-order valence-electron chi connectivity index (χ3n) is 5.47. The van der Waals surface area contributed by atoms with E-state index < -0.39 is 5.92 Å². The van der Waals surface area contributed by atoms with E-state index in [2.05, 4.69) is 11.2 Å². The van der Waals surface area contributed by atoms with Crippen LogP contribution >= 0.6 is 0 Å². The maximum absolute atomic E-state index is 10.9. The van der Waals surface area contributed by atoms with Gasteiger partial charge in [-0.1, -0.05) is 48.5 Å². The van der Waals surface area contributed by atoms with Crippen molar-refractivity contribution in [1.29, 1.82) is 5.26 Å². The Kier molecular flexibility index (Phi) is 3.97. The van der Waals surface area contributed by atoms with E-state index in [1.54, 1.807) is 10.7 Å². The maximum Gasteiger partial charge on any atom is 0.229 e. The van der Waals surface area contributed by atoms with Gasteiger partial charge in [-0.15, -0.1) is 0 Å². The molecule has 1 atom stereocenters. The normalized spacial score (nSPS) is 15.5. The molecule has 0 aliphatic carbocycles. The summed E-state index contributed by atoms with van der Waals surface area (Å²) in [7, 11) is 0. The third kappa shape index (κ3) is 2.53. The highest BCUT2D eigenvalue weighted by Crippen LogP contribution is 2.48. The van der Waals surface area contributed by atoms with Crippen LogP contribution in [-0.4, -0.2) is 14.9 Å². The number of ether oxygens (including phenoxy) is 1. The second-order valence-corrected chi connectivity index (χ2v) is 7.20. The molecule has 0 bridgehead atoms. The summed E-state index contributed by atoms with van der Waals surface area (Å²) in [6, 6.07) is 23.0. The molecule has 0 saturated heterocycles. The molecule has 3 aromatic carbocycles. The van der Waals surface area contributed by atoms with E-state index in [0.29, 0.717) is 17.1 Å². The zero-order chi connectivity index (χ0) is 20.8. The first kappa shape index (κ1) is 17.8. The molecule has 2 heterocycles. The first-order valence-corrected chi connectivity index (χ1v) is 9.53.